The summed E-state index contributed by atoms with van der Waals surface area (Å²) >= 11 is 6.36. The fraction of sp³-hybridized carbons (Fsp3) is 0.250. The van der Waals surface area contributed by atoms with Crippen LogP contribution in [-0.4, -0.2) is 36.9 Å². The minimum Gasteiger partial charge on any atom is -0.466 e. The maximum atomic E-state index is 13.3. The van der Waals surface area contributed by atoms with Crippen molar-refractivity contribution in [2.24, 2.45) is 0 Å². The molecule has 1 N–H and O–H groups in total. The summed E-state index contributed by atoms with van der Waals surface area (Å²) < 4.78 is 12.7. The predicted molar refractivity (Wildman–Crippen MR) is 151 cm³/mol. The smallest absolute Gasteiger partial charge is 0.263 e. The second kappa shape index (κ2) is 11.7. The van der Waals surface area contributed by atoms with E-state index in [1.165, 1.54) is 17.0 Å². The number of ether oxygens (including phenoxy) is 2. The topological polar surface area (TPSA) is 82.4 Å². The molecule has 0 aliphatic rings. The fourth-order valence-corrected chi connectivity index (χ4v) is 4.69. The average molecular weight is 536 g/mol. The molecule has 9 heteroatoms. The first-order chi connectivity index (χ1) is 17.7. The fourth-order valence-electron chi connectivity index (χ4n) is 3.69. The molecule has 0 aliphatic heterocycles. The molecule has 0 bridgehead atoms. The summed E-state index contributed by atoms with van der Waals surface area (Å²) in [7, 11) is -1.17. The van der Waals surface area contributed by atoms with Crippen LogP contribution in [0.25, 0.3) is 10.9 Å². The van der Waals surface area contributed by atoms with Crippen molar-refractivity contribution in [2.75, 3.05) is 18.7 Å². The molecule has 0 aliphatic carbocycles. The maximum absolute atomic E-state index is 13.3. The summed E-state index contributed by atoms with van der Waals surface area (Å²) in [6.07, 6.45) is 1.52. The van der Waals surface area contributed by atoms with Gasteiger partial charge < -0.3 is 14.8 Å². The van der Waals surface area contributed by atoms with E-state index in [9.17, 15) is 9.59 Å². The third kappa shape index (κ3) is 7.06. The zero-order valence-electron chi connectivity index (χ0n) is 21.2. The maximum Gasteiger partial charge on any atom is 0.263 e. The van der Waals surface area contributed by atoms with E-state index in [0.717, 1.165) is 11.6 Å². The molecular weight excluding hydrogens is 506 g/mol. The lowest BCUT2D eigenvalue weighted by molar-refractivity contribution is 0.0221. The normalized spacial score (nSPS) is 11.5. The average Bonchev–Trinajstić information content (AvgIpc) is 2.86. The van der Waals surface area contributed by atoms with Crippen molar-refractivity contribution in [1.82, 2.24) is 9.55 Å². The Balaban J connectivity index is 1.48. The molecule has 0 spiro atoms. The molecule has 7 nitrogen and oxygen atoms in total. The van der Waals surface area contributed by atoms with Gasteiger partial charge in [0.05, 0.1) is 34.5 Å². The van der Waals surface area contributed by atoms with E-state index in [0.29, 0.717) is 46.1 Å². The summed E-state index contributed by atoms with van der Waals surface area (Å²) in [5.74, 6) is 0.0366. The van der Waals surface area contributed by atoms with Crippen LogP contribution < -0.4 is 15.6 Å². The van der Waals surface area contributed by atoms with Gasteiger partial charge in [-0.3, -0.25) is 14.2 Å². The largest absolute Gasteiger partial charge is 0.466 e. The quantitative estimate of drug-likeness (QED) is 0.152. The number of anilines is 1. The van der Waals surface area contributed by atoms with Crippen molar-refractivity contribution in [3.63, 3.8) is 0 Å². The Hall–Kier alpha value is -3.46. The number of halogens is 1. The molecule has 4 rings (SSSR count). The third-order valence-corrected chi connectivity index (χ3v) is 7.79. The van der Waals surface area contributed by atoms with Gasteiger partial charge in [0, 0.05) is 20.2 Å². The van der Waals surface area contributed by atoms with Gasteiger partial charge >= 0.3 is 0 Å². The van der Waals surface area contributed by atoms with Gasteiger partial charge in [0.1, 0.15) is 5.75 Å². The third-order valence-electron chi connectivity index (χ3n) is 5.79. The summed E-state index contributed by atoms with van der Waals surface area (Å²) in [5, 5.41) is 3.48. The molecule has 4 aromatic rings. The van der Waals surface area contributed by atoms with Crippen molar-refractivity contribution in [3.8, 4) is 5.75 Å². The zero-order chi connectivity index (χ0) is 26.4. The van der Waals surface area contributed by atoms with Crippen LogP contribution in [0.2, 0.25) is 30.7 Å². The lowest BCUT2D eigenvalue weighted by Gasteiger charge is -2.16. The van der Waals surface area contributed by atoms with E-state index in [1.54, 1.807) is 30.3 Å². The first-order valence-corrected chi connectivity index (χ1v) is 16.1. The molecule has 0 unspecified atom stereocenters. The van der Waals surface area contributed by atoms with E-state index < -0.39 is 14.0 Å². The number of amides is 1. The van der Waals surface area contributed by atoms with E-state index in [2.05, 4.69) is 29.9 Å². The minimum atomic E-state index is -1.17. The van der Waals surface area contributed by atoms with Gasteiger partial charge in [0.2, 0.25) is 0 Å². The SMILES string of the molecule is C[Si](C)(C)CCOCOc1ccc(C(=O)Nc2cccc3ncn(Cc4ccccc4)c(=O)c23)cc1Cl. The van der Waals surface area contributed by atoms with Crippen LogP contribution in [0.1, 0.15) is 15.9 Å². The first-order valence-electron chi connectivity index (χ1n) is 12.0. The van der Waals surface area contributed by atoms with Crippen LogP contribution >= 0.6 is 11.6 Å². The number of carbonyl (C=O) groups excluding carboxylic acids is 1. The van der Waals surface area contributed by atoms with Crippen LogP contribution in [0.4, 0.5) is 5.69 Å². The molecule has 0 saturated carbocycles. The number of nitrogens with one attached hydrogen (secondary N) is 1. The summed E-state index contributed by atoms with van der Waals surface area (Å²) in [6.45, 7) is 7.96. The molecule has 0 atom stereocenters. The van der Waals surface area contributed by atoms with Crippen LogP contribution in [-0.2, 0) is 11.3 Å². The van der Waals surface area contributed by atoms with Crippen LogP contribution in [0, 0.1) is 0 Å². The van der Waals surface area contributed by atoms with Crippen molar-refractivity contribution < 1.29 is 14.3 Å². The van der Waals surface area contributed by atoms with Crippen LogP contribution in [0.3, 0.4) is 0 Å². The standard InChI is InChI=1S/C28H30ClN3O4Si/c1-37(2,3)15-14-35-19-36-25-13-12-21(16-22(25)29)27(33)31-24-11-7-10-23-26(24)28(34)32(18-30-23)17-20-8-5-4-6-9-20/h4-13,16,18H,14-15,17,19H2,1-3H3,(H,31,33). The molecule has 1 amide bonds. The molecule has 192 valence electrons. The number of fused-ring (bicyclic) bond motifs is 1. The molecule has 1 heterocycles. The van der Waals surface area contributed by atoms with E-state index >= 15 is 0 Å². The van der Waals surface area contributed by atoms with Gasteiger partial charge in [0.15, 0.2) is 6.79 Å². The van der Waals surface area contributed by atoms with Gasteiger partial charge in [-0.25, -0.2) is 4.98 Å². The molecule has 1 aromatic heterocycles. The van der Waals surface area contributed by atoms with Crippen LogP contribution in [0.15, 0.2) is 77.9 Å². The van der Waals surface area contributed by atoms with Gasteiger partial charge in [-0.1, -0.05) is 67.6 Å². The highest BCUT2D eigenvalue weighted by atomic mass is 35.5. The Morgan fingerprint density at radius 1 is 1.05 bits per heavy atom. The number of rotatable bonds is 10. The highest BCUT2D eigenvalue weighted by molar-refractivity contribution is 6.76. The molecular formula is C28H30ClN3O4Si. The van der Waals surface area contributed by atoms with Gasteiger partial charge in [-0.05, 0) is 41.9 Å². The number of nitrogens with zero attached hydrogens (tertiary/aromatic N) is 2. The number of hydrogen-bond donors (Lipinski definition) is 1. The van der Waals surface area contributed by atoms with Crippen molar-refractivity contribution in [2.45, 2.75) is 32.2 Å². The number of carbonyl (C=O) groups is 1. The van der Waals surface area contributed by atoms with Gasteiger partial charge in [-0.15, -0.1) is 0 Å². The van der Waals surface area contributed by atoms with Crippen molar-refractivity contribution >= 4 is 42.2 Å². The predicted octanol–water partition coefficient (Wildman–Crippen LogP) is 6.04. The zero-order valence-corrected chi connectivity index (χ0v) is 22.9. The summed E-state index contributed by atoms with van der Waals surface area (Å²) in [6, 6.07) is 20.7. The number of aromatic nitrogens is 2. The molecule has 0 radical (unpaired) electrons. The number of hydrogen-bond acceptors (Lipinski definition) is 5. The van der Waals surface area contributed by atoms with E-state index in [1.807, 2.05) is 30.3 Å². The lowest BCUT2D eigenvalue weighted by Crippen LogP contribution is -2.23. The molecule has 37 heavy (non-hydrogen) atoms. The van der Waals surface area contributed by atoms with Gasteiger partial charge in [-0.2, -0.15) is 0 Å². The Kier molecular flexibility index (Phi) is 8.43. The van der Waals surface area contributed by atoms with Crippen LogP contribution in [0.5, 0.6) is 5.75 Å². The Labute approximate surface area is 222 Å². The first kappa shape index (κ1) is 26.6. The second-order valence-corrected chi connectivity index (χ2v) is 16.0. The van der Waals surface area contributed by atoms with E-state index in [4.69, 9.17) is 21.1 Å². The highest BCUT2D eigenvalue weighted by Crippen LogP contribution is 2.27. The van der Waals surface area contributed by atoms with Crippen molar-refractivity contribution in [3.05, 3.63) is 99.6 Å². The minimum absolute atomic E-state index is 0.0913. The highest BCUT2D eigenvalue weighted by Gasteiger charge is 2.15. The monoisotopic (exact) mass is 535 g/mol. The summed E-state index contributed by atoms with van der Waals surface area (Å²) in [5.41, 5.74) is 1.96. The van der Waals surface area contributed by atoms with Crippen molar-refractivity contribution in [1.29, 1.82) is 0 Å². The molecule has 0 saturated heterocycles. The Morgan fingerprint density at radius 3 is 2.57 bits per heavy atom. The van der Waals surface area contributed by atoms with Gasteiger partial charge in [0.25, 0.3) is 11.5 Å². The van der Waals surface area contributed by atoms with E-state index in [-0.39, 0.29) is 12.4 Å². The Bertz CT molecular complexity index is 1450. The molecule has 0 fully saturated rings. The second-order valence-electron chi connectivity index (χ2n) is 9.94. The molecule has 3 aromatic carbocycles. The number of benzene rings is 3. The Morgan fingerprint density at radius 2 is 1.84 bits per heavy atom. The lowest BCUT2D eigenvalue weighted by atomic mass is 10.1. The summed E-state index contributed by atoms with van der Waals surface area (Å²) in [4.78, 5) is 30.8.